The molecular weight excluding hydrogens is 283 g/mol. The molecule has 1 aromatic rings. The lowest BCUT2D eigenvalue weighted by Gasteiger charge is -2.23. The van der Waals surface area contributed by atoms with E-state index < -0.39 is 5.60 Å². The SMILES string of the molecule is CC(C)(C)OC(=O)C[C@@H](COc1ccccc1N)NBC=O. The number of nitrogen functional groups attached to an aromatic ring is 1. The summed E-state index contributed by atoms with van der Waals surface area (Å²) in [7, 11) is 0.140. The molecule has 0 unspecified atom stereocenters. The summed E-state index contributed by atoms with van der Waals surface area (Å²) in [5.41, 5.74) is 5.78. The zero-order valence-corrected chi connectivity index (χ0v) is 13.3. The predicted molar refractivity (Wildman–Crippen MR) is 87.6 cm³/mol. The van der Waals surface area contributed by atoms with E-state index in [2.05, 4.69) is 5.23 Å². The van der Waals surface area contributed by atoms with Gasteiger partial charge in [0.15, 0.2) is 0 Å². The van der Waals surface area contributed by atoms with Crippen molar-refractivity contribution in [3.63, 3.8) is 0 Å². The van der Waals surface area contributed by atoms with Crippen LogP contribution in [0, 0.1) is 0 Å². The molecule has 6 nitrogen and oxygen atoms in total. The third-order valence-electron chi connectivity index (χ3n) is 2.68. The molecule has 0 saturated heterocycles. The largest absolute Gasteiger partial charge is 0.490 e. The minimum Gasteiger partial charge on any atom is -0.490 e. The first-order chi connectivity index (χ1) is 10.3. The summed E-state index contributed by atoms with van der Waals surface area (Å²) < 4.78 is 10.9. The van der Waals surface area contributed by atoms with Crippen LogP contribution in [0.1, 0.15) is 27.2 Å². The van der Waals surface area contributed by atoms with Crippen molar-refractivity contribution in [3.8, 4) is 5.75 Å². The first-order valence-electron chi connectivity index (χ1n) is 7.18. The van der Waals surface area contributed by atoms with Crippen LogP contribution in [0.25, 0.3) is 0 Å². The maximum Gasteiger partial charge on any atom is 0.307 e. The van der Waals surface area contributed by atoms with Crippen LogP contribution in [0.15, 0.2) is 24.3 Å². The lowest BCUT2D eigenvalue weighted by Crippen LogP contribution is -2.41. The molecule has 0 aromatic heterocycles. The maximum absolute atomic E-state index is 11.9. The second-order valence-electron chi connectivity index (χ2n) is 5.91. The van der Waals surface area contributed by atoms with Gasteiger partial charge >= 0.3 is 5.97 Å². The fraction of sp³-hybridized carbons (Fsp3) is 0.467. The molecule has 7 heteroatoms. The highest BCUT2D eigenvalue weighted by Crippen LogP contribution is 2.20. The molecule has 0 bridgehead atoms. The number of nitrogens with two attached hydrogens (primary N) is 1. The van der Waals surface area contributed by atoms with Crippen molar-refractivity contribution in [2.24, 2.45) is 0 Å². The van der Waals surface area contributed by atoms with Crippen LogP contribution in [0.3, 0.4) is 0 Å². The van der Waals surface area contributed by atoms with E-state index >= 15 is 0 Å². The average Bonchev–Trinajstić information content (AvgIpc) is 2.41. The Morgan fingerprint density at radius 2 is 2.09 bits per heavy atom. The fourth-order valence-electron chi connectivity index (χ4n) is 1.79. The molecule has 0 fully saturated rings. The number of anilines is 1. The van der Waals surface area contributed by atoms with E-state index in [1.807, 2.05) is 12.1 Å². The van der Waals surface area contributed by atoms with Crippen molar-refractivity contribution < 1.29 is 19.1 Å². The number of hydrogen-bond acceptors (Lipinski definition) is 6. The van der Waals surface area contributed by atoms with Crippen molar-refractivity contribution >= 4 is 25.3 Å². The van der Waals surface area contributed by atoms with Gasteiger partial charge in [0.05, 0.1) is 18.3 Å². The third-order valence-corrected chi connectivity index (χ3v) is 2.68. The van der Waals surface area contributed by atoms with Crippen molar-refractivity contribution in [3.05, 3.63) is 24.3 Å². The highest BCUT2D eigenvalue weighted by Gasteiger charge is 2.21. The molecule has 1 rings (SSSR count). The van der Waals surface area contributed by atoms with Crippen molar-refractivity contribution in [1.29, 1.82) is 0 Å². The molecule has 0 aliphatic heterocycles. The molecular formula is C15H23BN2O4. The Bertz CT molecular complexity index is 503. The van der Waals surface area contributed by atoms with Crippen LogP contribution in [0.4, 0.5) is 5.69 Å². The summed E-state index contributed by atoms with van der Waals surface area (Å²) in [6.45, 7) is 5.63. The molecule has 1 atom stereocenters. The first-order valence-corrected chi connectivity index (χ1v) is 7.18. The predicted octanol–water partition coefficient (Wildman–Crippen LogP) is 0.879. The molecule has 0 heterocycles. The third kappa shape index (κ3) is 7.13. The van der Waals surface area contributed by atoms with E-state index in [-0.39, 0.29) is 32.5 Å². The fourth-order valence-corrected chi connectivity index (χ4v) is 1.79. The summed E-state index contributed by atoms with van der Waals surface area (Å²) in [4.78, 5) is 22.4. The summed E-state index contributed by atoms with van der Waals surface area (Å²) in [5, 5.41) is 2.94. The van der Waals surface area contributed by atoms with Gasteiger partial charge in [0.1, 0.15) is 18.0 Å². The number of nitrogens with one attached hydrogen (secondary N) is 1. The number of ether oxygens (including phenoxy) is 2. The number of benzene rings is 1. The van der Waals surface area contributed by atoms with Crippen molar-refractivity contribution in [1.82, 2.24) is 5.23 Å². The lowest BCUT2D eigenvalue weighted by molar-refractivity contribution is -0.155. The normalized spacial score (nSPS) is 12.3. The zero-order valence-electron chi connectivity index (χ0n) is 13.3. The van der Waals surface area contributed by atoms with Gasteiger partial charge in [-0.05, 0) is 32.9 Å². The van der Waals surface area contributed by atoms with Gasteiger partial charge in [-0.15, -0.1) is 0 Å². The quantitative estimate of drug-likeness (QED) is 0.321. The van der Waals surface area contributed by atoms with E-state index in [4.69, 9.17) is 15.2 Å². The number of esters is 1. The number of rotatable bonds is 8. The molecule has 22 heavy (non-hydrogen) atoms. The summed E-state index contributed by atoms with van der Waals surface area (Å²) in [5.74, 6) is 0.199. The van der Waals surface area contributed by atoms with Crippen LogP contribution in [0.2, 0.25) is 0 Å². The van der Waals surface area contributed by atoms with Crippen LogP contribution < -0.4 is 15.7 Å². The Labute approximate surface area is 131 Å². The van der Waals surface area contributed by atoms with Gasteiger partial charge < -0.3 is 25.2 Å². The van der Waals surface area contributed by atoms with E-state index in [9.17, 15) is 9.59 Å². The van der Waals surface area contributed by atoms with E-state index in [0.717, 1.165) is 6.19 Å². The number of hydrogen-bond donors (Lipinski definition) is 2. The van der Waals surface area contributed by atoms with E-state index in [1.165, 1.54) is 0 Å². The Morgan fingerprint density at radius 1 is 1.41 bits per heavy atom. The minimum absolute atomic E-state index is 0.109. The summed E-state index contributed by atoms with van der Waals surface area (Å²) in [6.07, 6.45) is 0.844. The van der Waals surface area contributed by atoms with Gasteiger partial charge in [-0.2, -0.15) is 0 Å². The van der Waals surface area contributed by atoms with Crippen LogP contribution in [-0.4, -0.2) is 37.8 Å². The van der Waals surface area contributed by atoms with Gasteiger partial charge in [-0.25, -0.2) is 0 Å². The Morgan fingerprint density at radius 3 is 2.68 bits per heavy atom. The van der Waals surface area contributed by atoms with Crippen LogP contribution in [0.5, 0.6) is 5.75 Å². The molecule has 3 N–H and O–H groups in total. The molecule has 0 amide bonds. The van der Waals surface area contributed by atoms with Gasteiger partial charge in [-0.3, -0.25) is 4.79 Å². The molecule has 0 spiro atoms. The summed E-state index contributed by atoms with van der Waals surface area (Å²) in [6, 6.07) is 6.77. The topological polar surface area (TPSA) is 90.7 Å². The zero-order chi connectivity index (χ0) is 16.6. The monoisotopic (exact) mass is 306 g/mol. The number of carbonyl (C=O) groups excluding carboxylic acids is 2. The Hall–Kier alpha value is -2.02. The molecule has 0 aliphatic rings. The standard InChI is InChI=1S/C15H23BN2O4/c1-15(2,3)22-14(20)8-11(18-16-10-19)9-21-13-7-5-4-6-12(13)17/h4-7,10-11,16,18H,8-9,17H2,1-3H3/t11-/m0/s1. The van der Waals surface area contributed by atoms with Crippen molar-refractivity contribution in [2.75, 3.05) is 12.3 Å². The second-order valence-corrected chi connectivity index (χ2v) is 5.91. The smallest absolute Gasteiger partial charge is 0.307 e. The van der Waals surface area contributed by atoms with Gasteiger partial charge in [0.25, 0.3) is 7.41 Å². The highest BCUT2D eigenvalue weighted by molar-refractivity contribution is 6.64. The van der Waals surface area contributed by atoms with Gasteiger partial charge in [-0.1, -0.05) is 12.1 Å². The lowest BCUT2D eigenvalue weighted by atomic mass is 9.96. The molecule has 120 valence electrons. The highest BCUT2D eigenvalue weighted by atomic mass is 16.6. The first kappa shape index (κ1) is 18.0. The summed E-state index contributed by atoms with van der Waals surface area (Å²) >= 11 is 0. The van der Waals surface area contributed by atoms with Gasteiger partial charge in [0, 0.05) is 6.04 Å². The molecule has 0 radical (unpaired) electrons. The molecule has 0 aliphatic carbocycles. The molecule has 1 aromatic carbocycles. The van der Waals surface area contributed by atoms with Crippen molar-refractivity contribution in [2.45, 2.75) is 38.8 Å². The van der Waals surface area contributed by atoms with E-state index in [1.54, 1.807) is 32.9 Å². The molecule has 0 saturated carbocycles. The van der Waals surface area contributed by atoms with Crippen LogP contribution >= 0.6 is 0 Å². The maximum atomic E-state index is 11.9. The van der Waals surface area contributed by atoms with Crippen LogP contribution in [-0.2, 0) is 14.3 Å². The number of carbonyl (C=O) groups is 2. The average molecular weight is 306 g/mol. The van der Waals surface area contributed by atoms with E-state index in [0.29, 0.717) is 11.4 Å². The van der Waals surface area contributed by atoms with Gasteiger partial charge in [0.2, 0.25) is 0 Å². The minimum atomic E-state index is -0.545. The Balaban J connectivity index is 2.58. The Kier molecular flexibility index (Phi) is 6.91. The number of para-hydroxylation sites is 2. The second kappa shape index (κ2) is 8.43.